The Morgan fingerprint density at radius 2 is 1.67 bits per heavy atom. The van der Waals surface area contributed by atoms with Crippen molar-refractivity contribution >= 4 is 25.0 Å². The van der Waals surface area contributed by atoms with E-state index in [2.05, 4.69) is 25.7 Å². The average molecular weight is 425 g/mol. The van der Waals surface area contributed by atoms with Crippen molar-refractivity contribution in [3.8, 4) is 16.9 Å². The molecule has 0 aromatic heterocycles. The molecule has 1 aliphatic rings. The molecule has 3 rings (SSSR count). The van der Waals surface area contributed by atoms with Crippen molar-refractivity contribution < 1.29 is 19.1 Å². The van der Waals surface area contributed by atoms with E-state index in [1.165, 1.54) is 12.1 Å². The van der Waals surface area contributed by atoms with E-state index in [-0.39, 0.29) is 17.4 Å². The van der Waals surface area contributed by atoms with Crippen LogP contribution in [0.25, 0.3) is 11.1 Å². The summed E-state index contributed by atoms with van der Waals surface area (Å²) in [5.74, 6) is 0.679. The van der Waals surface area contributed by atoms with Crippen LogP contribution >= 0.6 is 0 Å². The van der Waals surface area contributed by atoms with E-state index in [4.69, 9.17) is 9.47 Å². The van der Waals surface area contributed by atoms with E-state index in [9.17, 15) is 9.59 Å². The van der Waals surface area contributed by atoms with Crippen LogP contribution in [-0.4, -0.2) is 32.0 Å². The van der Waals surface area contributed by atoms with Crippen molar-refractivity contribution in [2.45, 2.75) is 65.8 Å². The zero-order chi connectivity index (χ0) is 22.3. The van der Waals surface area contributed by atoms with Gasteiger partial charge in [0.25, 0.3) is 0 Å². The Labute approximate surface area is 180 Å². The summed E-state index contributed by atoms with van der Waals surface area (Å²) in [6.07, 6.45) is 1.40. The van der Waals surface area contributed by atoms with Gasteiger partial charge in [-0.05, 0) is 61.6 Å². The molecular formula is C25H32O4Si. The van der Waals surface area contributed by atoms with Crippen molar-refractivity contribution in [2.24, 2.45) is 0 Å². The molecule has 0 amide bonds. The number of ketones is 1. The normalized spacial score (nSPS) is 13.1. The highest BCUT2D eigenvalue weighted by atomic mass is 28.3. The lowest BCUT2D eigenvalue weighted by Gasteiger charge is -2.30. The minimum atomic E-state index is -1.91. The van der Waals surface area contributed by atoms with Crippen molar-refractivity contribution in [1.29, 1.82) is 0 Å². The quantitative estimate of drug-likeness (QED) is 0.313. The molecule has 0 saturated carbocycles. The number of ether oxygens (including phenoxy) is 2. The van der Waals surface area contributed by atoms with Crippen molar-refractivity contribution in [3.63, 3.8) is 0 Å². The summed E-state index contributed by atoms with van der Waals surface area (Å²) < 4.78 is 11.6. The molecule has 0 saturated heterocycles. The van der Waals surface area contributed by atoms with Crippen molar-refractivity contribution in [2.75, 3.05) is 6.61 Å². The third-order valence-corrected chi connectivity index (χ3v) is 7.18. The Morgan fingerprint density at radius 1 is 1.03 bits per heavy atom. The van der Waals surface area contributed by atoms with Gasteiger partial charge in [-0.25, -0.2) is 0 Å². The van der Waals surface area contributed by atoms with Crippen LogP contribution in [0.1, 0.15) is 55.6 Å². The summed E-state index contributed by atoms with van der Waals surface area (Å²) >= 11 is 0. The van der Waals surface area contributed by atoms with Gasteiger partial charge in [-0.2, -0.15) is 0 Å². The molecule has 30 heavy (non-hydrogen) atoms. The van der Waals surface area contributed by atoms with Gasteiger partial charge < -0.3 is 9.47 Å². The fourth-order valence-electron chi connectivity index (χ4n) is 4.16. The molecule has 2 aromatic rings. The van der Waals surface area contributed by atoms with Crippen molar-refractivity contribution in [1.82, 2.24) is 0 Å². The first kappa shape index (κ1) is 22.3. The second-order valence-corrected chi connectivity index (χ2v) is 14.9. The van der Waals surface area contributed by atoms with Crippen LogP contribution in [-0.2, 0) is 16.0 Å². The zero-order valence-electron chi connectivity index (χ0n) is 19.1. The highest BCUT2D eigenvalue weighted by Crippen LogP contribution is 2.41. The van der Waals surface area contributed by atoms with Gasteiger partial charge in [-0.15, -0.1) is 0 Å². The maximum atomic E-state index is 13.4. The number of carbonyl (C=O) groups excluding carboxylic acids is 2. The lowest BCUT2D eigenvalue weighted by atomic mass is 9.98. The third-order valence-electron chi connectivity index (χ3n) is 5.13. The molecular weight excluding hydrogens is 392 g/mol. The maximum absolute atomic E-state index is 13.4. The van der Waals surface area contributed by atoms with E-state index in [1.54, 1.807) is 0 Å². The summed E-state index contributed by atoms with van der Waals surface area (Å²) in [5, 5.41) is 1.17. The van der Waals surface area contributed by atoms with Gasteiger partial charge in [0, 0.05) is 18.1 Å². The molecule has 5 heteroatoms. The Balaban J connectivity index is 2.21. The van der Waals surface area contributed by atoms with Crippen LogP contribution in [0.2, 0.25) is 19.6 Å². The average Bonchev–Trinajstić information content (AvgIpc) is 2.89. The van der Waals surface area contributed by atoms with Gasteiger partial charge in [0.1, 0.15) is 11.4 Å². The molecule has 0 N–H and O–H groups in total. The third kappa shape index (κ3) is 4.51. The molecule has 4 nitrogen and oxygen atoms in total. The number of hydrogen-bond donors (Lipinski definition) is 0. The highest BCUT2D eigenvalue weighted by Gasteiger charge is 2.37. The first-order chi connectivity index (χ1) is 13.9. The number of benzene rings is 2. The molecule has 0 atom stereocenters. The smallest absolute Gasteiger partial charge is 0.302 e. The minimum absolute atomic E-state index is 0.113. The Bertz CT molecular complexity index is 993. The summed E-state index contributed by atoms with van der Waals surface area (Å²) in [6, 6.07) is 9.88. The van der Waals surface area contributed by atoms with Gasteiger partial charge in [0.2, 0.25) is 0 Å². The van der Waals surface area contributed by atoms with E-state index < -0.39 is 8.07 Å². The molecule has 0 heterocycles. The Hall–Kier alpha value is -2.40. The largest absolute Gasteiger partial charge is 0.488 e. The van der Waals surface area contributed by atoms with Gasteiger partial charge >= 0.3 is 5.97 Å². The number of fused-ring (bicyclic) bond motifs is 3. The zero-order valence-corrected chi connectivity index (χ0v) is 20.1. The fourth-order valence-corrected chi connectivity index (χ4v) is 6.31. The molecule has 0 unspecified atom stereocenters. The first-order valence-electron chi connectivity index (χ1n) is 10.6. The second kappa shape index (κ2) is 8.03. The van der Waals surface area contributed by atoms with E-state index >= 15 is 0 Å². The first-order valence-corrected chi connectivity index (χ1v) is 14.1. The van der Waals surface area contributed by atoms with E-state index in [1.807, 2.05) is 45.0 Å². The minimum Gasteiger partial charge on any atom is -0.488 e. The van der Waals surface area contributed by atoms with Gasteiger partial charge in [0.05, 0.1) is 14.7 Å². The van der Waals surface area contributed by atoms with Crippen LogP contribution in [0.4, 0.5) is 0 Å². The van der Waals surface area contributed by atoms with Crippen LogP contribution in [0.3, 0.4) is 0 Å². The monoisotopic (exact) mass is 424 g/mol. The number of hydrogen-bond acceptors (Lipinski definition) is 4. The molecule has 0 bridgehead atoms. The van der Waals surface area contributed by atoms with Crippen LogP contribution in [0.15, 0.2) is 30.3 Å². The van der Waals surface area contributed by atoms with Gasteiger partial charge in [-0.1, -0.05) is 43.9 Å². The standard InChI is InChI=1S/C25H32O4Si/c1-16(26)28-14-10-13-19-21(29-25(2,3)4)15-20-17-11-8-9-12-18(17)23(27)22(20)24(19)30(5,6)7/h8-9,11-12,15H,10,13-14H2,1-7H3. The lowest BCUT2D eigenvalue weighted by Crippen LogP contribution is -2.44. The van der Waals surface area contributed by atoms with Crippen LogP contribution < -0.4 is 9.92 Å². The molecule has 2 aromatic carbocycles. The molecule has 0 spiro atoms. The SMILES string of the molecule is CC(=O)OCCCc1c(OC(C)(C)C)cc2c(c1[Si](C)(C)C)C(=O)c1ccccc1-2. The number of carbonyl (C=O) groups is 2. The fraction of sp³-hybridized carbons (Fsp3) is 0.440. The number of esters is 1. The molecule has 160 valence electrons. The predicted molar refractivity (Wildman–Crippen MR) is 124 cm³/mol. The molecule has 0 aliphatic heterocycles. The number of rotatable bonds is 6. The summed E-state index contributed by atoms with van der Waals surface area (Å²) in [7, 11) is -1.91. The van der Waals surface area contributed by atoms with Gasteiger partial charge in [-0.3, -0.25) is 9.59 Å². The summed E-state index contributed by atoms with van der Waals surface area (Å²) in [4.78, 5) is 24.6. The Morgan fingerprint density at radius 3 is 2.23 bits per heavy atom. The topological polar surface area (TPSA) is 52.6 Å². The maximum Gasteiger partial charge on any atom is 0.302 e. The lowest BCUT2D eigenvalue weighted by molar-refractivity contribution is -0.141. The van der Waals surface area contributed by atoms with Gasteiger partial charge in [0.15, 0.2) is 5.78 Å². The molecule has 0 radical (unpaired) electrons. The Kier molecular flexibility index (Phi) is 5.96. The van der Waals surface area contributed by atoms with E-state index in [0.29, 0.717) is 19.4 Å². The summed E-state index contributed by atoms with van der Waals surface area (Å²) in [6.45, 7) is 14.7. The van der Waals surface area contributed by atoms with E-state index in [0.717, 1.165) is 33.6 Å². The van der Waals surface area contributed by atoms with Crippen LogP contribution in [0, 0.1) is 0 Å². The highest BCUT2D eigenvalue weighted by molar-refractivity contribution is 6.90. The summed E-state index contributed by atoms with van der Waals surface area (Å²) in [5.41, 5.74) is 4.32. The second-order valence-electron chi connectivity index (χ2n) is 9.93. The predicted octanol–water partition coefficient (Wildman–Crippen LogP) is 5.12. The van der Waals surface area contributed by atoms with Crippen molar-refractivity contribution in [3.05, 3.63) is 47.0 Å². The molecule has 0 fully saturated rings. The van der Waals surface area contributed by atoms with Crippen LogP contribution in [0.5, 0.6) is 5.75 Å². The molecule has 1 aliphatic carbocycles.